The fourth-order valence-corrected chi connectivity index (χ4v) is 3.57. The number of amides is 2. The normalized spacial score (nSPS) is 22.1. The summed E-state index contributed by atoms with van der Waals surface area (Å²) in [6.45, 7) is 2.11. The van der Waals surface area contributed by atoms with Gasteiger partial charge in [0.2, 0.25) is 11.8 Å². The van der Waals surface area contributed by atoms with E-state index >= 15 is 0 Å². The van der Waals surface area contributed by atoms with E-state index in [-0.39, 0.29) is 23.8 Å². The molecule has 2 aromatic carbocycles. The van der Waals surface area contributed by atoms with Gasteiger partial charge in [-0.1, -0.05) is 18.2 Å². The lowest BCUT2D eigenvalue weighted by Gasteiger charge is -2.18. The average Bonchev–Trinajstić information content (AvgIpc) is 3.33. The van der Waals surface area contributed by atoms with Gasteiger partial charge in [-0.05, 0) is 49.4 Å². The van der Waals surface area contributed by atoms with E-state index in [4.69, 9.17) is 4.74 Å². The topological polar surface area (TPSA) is 70.7 Å². The predicted octanol–water partition coefficient (Wildman–Crippen LogP) is 2.31. The van der Waals surface area contributed by atoms with Gasteiger partial charge in [-0.15, -0.1) is 0 Å². The molecule has 2 saturated heterocycles. The quantitative estimate of drug-likeness (QED) is 0.853. The van der Waals surface area contributed by atoms with Crippen LogP contribution in [0.3, 0.4) is 0 Å². The highest BCUT2D eigenvalue weighted by atomic mass is 16.5. The molecule has 2 atom stereocenters. The van der Waals surface area contributed by atoms with Crippen molar-refractivity contribution in [1.82, 2.24) is 10.6 Å². The summed E-state index contributed by atoms with van der Waals surface area (Å²) in [5, 5.41) is 6.22. The van der Waals surface area contributed by atoms with Crippen molar-refractivity contribution in [2.24, 2.45) is 5.92 Å². The van der Waals surface area contributed by atoms with Crippen LogP contribution in [0.1, 0.15) is 12.8 Å². The molecule has 6 heteroatoms. The summed E-state index contributed by atoms with van der Waals surface area (Å²) in [6, 6.07) is 16.9. The van der Waals surface area contributed by atoms with Crippen molar-refractivity contribution in [3.05, 3.63) is 54.6 Å². The first kappa shape index (κ1) is 17.5. The van der Waals surface area contributed by atoms with Crippen molar-refractivity contribution in [1.29, 1.82) is 0 Å². The highest BCUT2D eigenvalue weighted by molar-refractivity contribution is 5.97. The summed E-state index contributed by atoms with van der Waals surface area (Å²) in [5.41, 5.74) is 0.819. The van der Waals surface area contributed by atoms with Crippen LogP contribution in [0.25, 0.3) is 0 Å². The zero-order valence-corrected chi connectivity index (χ0v) is 15.1. The number of benzene rings is 2. The third-order valence-corrected chi connectivity index (χ3v) is 5.03. The standard InChI is InChI=1S/C21H23N3O3/c25-20-12-16(23-21(26)15-10-11-22-13-15)14-24(20)17-6-8-19(9-7-17)27-18-4-2-1-3-5-18/h1-9,15-16,22H,10-14H2,(H,23,26). The van der Waals surface area contributed by atoms with Crippen molar-refractivity contribution in [3.8, 4) is 11.5 Å². The van der Waals surface area contributed by atoms with Gasteiger partial charge >= 0.3 is 0 Å². The Morgan fingerprint density at radius 3 is 2.52 bits per heavy atom. The smallest absolute Gasteiger partial charge is 0.229 e. The third kappa shape index (κ3) is 4.11. The Morgan fingerprint density at radius 1 is 1.07 bits per heavy atom. The van der Waals surface area contributed by atoms with Crippen LogP contribution in [0.2, 0.25) is 0 Å². The predicted molar refractivity (Wildman–Crippen MR) is 103 cm³/mol. The van der Waals surface area contributed by atoms with Gasteiger partial charge in [-0.25, -0.2) is 0 Å². The first-order valence-corrected chi connectivity index (χ1v) is 9.33. The number of nitrogens with zero attached hydrogens (tertiary/aromatic N) is 1. The van der Waals surface area contributed by atoms with Gasteiger partial charge in [0.15, 0.2) is 0 Å². The molecule has 2 heterocycles. The third-order valence-electron chi connectivity index (χ3n) is 5.03. The van der Waals surface area contributed by atoms with Gasteiger partial charge in [0.25, 0.3) is 0 Å². The summed E-state index contributed by atoms with van der Waals surface area (Å²) in [6.07, 6.45) is 1.20. The van der Waals surface area contributed by atoms with E-state index in [1.165, 1.54) is 0 Å². The summed E-state index contributed by atoms with van der Waals surface area (Å²) >= 11 is 0. The monoisotopic (exact) mass is 365 g/mol. The second kappa shape index (κ2) is 7.80. The zero-order valence-electron chi connectivity index (χ0n) is 15.1. The lowest BCUT2D eigenvalue weighted by molar-refractivity contribution is -0.125. The summed E-state index contributed by atoms with van der Waals surface area (Å²) < 4.78 is 5.79. The van der Waals surface area contributed by atoms with Crippen molar-refractivity contribution in [2.75, 3.05) is 24.5 Å². The van der Waals surface area contributed by atoms with E-state index in [1.807, 2.05) is 54.6 Å². The molecule has 2 fully saturated rings. The lowest BCUT2D eigenvalue weighted by Crippen LogP contribution is -2.41. The maximum atomic E-state index is 12.4. The van der Waals surface area contributed by atoms with Crippen LogP contribution in [0.4, 0.5) is 5.69 Å². The molecule has 27 heavy (non-hydrogen) atoms. The van der Waals surface area contributed by atoms with Gasteiger partial charge in [-0.3, -0.25) is 9.59 Å². The number of para-hydroxylation sites is 1. The molecule has 2 N–H and O–H groups in total. The number of ether oxygens (including phenoxy) is 1. The second-order valence-electron chi connectivity index (χ2n) is 7.01. The Kier molecular flexibility index (Phi) is 5.07. The van der Waals surface area contributed by atoms with Crippen LogP contribution in [0, 0.1) is 5.92 Å². The van der Waals surface area contributed by atoms with Crippen LogP contribution < -0.4 is 20.3 Å². The Labute approximate surface area is 158 Å². The number of rotatable bonds is 5. The number of anilines is 1. The van der Waals surface area contributed by atoms with Crippen molar-refractivity contribution >= 4 is 17.5 Å². The molecule has 0 bridgehead atoms. The molecule has 2 unspecified atom stereocenters. The fourth-order valence-electron chi connectivity index (χ4n) is 3.57. The number of nitrogens with one attached hydrogen (secondary N) is 2. The van der Waals surface area contributed by atoms with E-state index in [2.05, 4.69) is 10.6 Å². The van der Waals surface area contributed by atoms with E-state index in [9.17, 15) is 9.59 Å². The molecule has 6 nitrogen and oxygen atoms in total. The molecule has 2 aromatic rings. The first-order chi connectivity index (χ1) is 13.2. The summed E-state index contributed by atoms with van der Waals surface area (Å²) in [5.74, 6) is 1.58. The van der Waals surface area contributed by atoms with Crippen LogP contribution >= 0.6 is 0 Å². The highest BCUT2D eigenvalue weighted by Gasteiger charge is 2.33. The van der Waals surface area contributed by atoms with E-state index in [1.54, 1.807) is 4.90 Å². The summed E-state index contributed by atoms with van der Waals surface area (Å²) in [4.78, 5) is 26.4. The Bertz CT molecular complexity index is 801. The van der Waals surface area contributed by atoms with E-state index < -0.39 is 0 Å². The van der Waals surface area contributed by atoms with Crippen LogP contribution in [0.5, 0.6) is 11.5 Å². The molecule has 0 saturated carbocycles. The molecule has 2 aliphatic heterocycles. The molecule has 140 valence electrons. The summed E-state index contributed by atoms with van der Waals surface area (Å²) in [7, 11) is 0. The Morgan fingerprint density at radius 2 is 1.81 bits per heavy atom. The molecule has 4 rings (SSSR count). The minimum absolute atomic E-state index is 0.0172. The number of carbonyl (C=O) groups is 2. The Balaban J connectivity index is 1.36. The Hall–Kier alpha value is -2.86. The van der Waals surface area contributed by atoms with Gasteiger partial charge in [0.1, 0.15) is 11.5 Å². The lowest BCUT2D eigenvalue weighted by atomic mass is 10.1. The minimum atomic E-state index is -0.133. The van der Waals surface area contributed by atoms with E-state index in [0.717, 1.165) is 36.7 Å². The SMILES string of the molecule is O=C(NC1CC(=O)N(c2ccc(Oc3ccccc3)cc2)C1)C1CCNC1. The minimum Gasteiger partial charge on any atom is -0.457 e. The molecular formula is C21H23N3O3. The number of hydrogen-bond donors (Lipinski definition) is 2. The number of carbonyl (C=O) groups excluding carboxylic acids is 2. The molecule has 2 aliphatic rings. The molecule has 0 spiro atoms. The van der Waals surface area contributed by atoms with Gasteiger partial charge in [0, 0.05) is 25.2 Å². The van der Waals surface area contributed by atoms with Crippen molar-refractivity contribution in [3.63, 3.8) is 0 Å². The van der Waals surface area contributed by atoms with Crippen LogP contribution in [-0.2, 0) is 9.59 Å². The first-order valence-electron chi connectivity index (χ1n) is 9.33. The molecule has 0 aromatic heterocycles. The van der Waals surface area contributed by atoms with Gasteiger partial charge in [0.05, 0.1) is 12.0 Å². The fraction of sp³-hybridized carbons (Fsp3) is 0.333. The molecule has 0 radical (unpaired) electrons. The average molecular weight is 365 g/mol. The van der Waals surface area contributed by atoms with Gasteiger partial charge in [-0.2, -0.15) is 0 Å². The maximum Gasteiger partial charge on any atom is 0.229 e. The zero-order chi connectivity index (χ0) is 18.6. The van der Waals surface area contributed by atoms with Gasteiger partial charge < -0.3 is 20.3 Å². The molecule has 0 aliphatic carbocycles. The molecule has 2 amide bonds. The number of hydrogen-bond acceptors (Lipinski definition) is 4. The molecular weight excluding hydrogens is 342 g/mol. The van der Waals surface area contributed by atoms with Crippen LogP contribution in [-0.4, -0.2) is 37.5 Å². The largest absolute Gasteiger partial charge is 0.457 e. The maximum absolute atomic E-state index is 12.4. The van der Waals surface area contributed by atoms with E-state index in [0.29, 0.717) is 13.0 Å². The highest BCUT2D eigenvalue weighted by Crippen LogP contribution is 2.27. The second-order valence-corrected chi connectivity index (χ2v) is 7.01. The van der Waals surface area contributed by atoms with Crippen LogP contribution in [0.15, 0.2) is 54.6 Å². The van der Waals surface area contributed by atoms with Crippen molar-refractivity contribution < 1.29 is 14.3 Å². The van der Waals surface area contributed by atoms with Crippen molar-refractivity contribution in [2.45, 2.75) is 18.9 Å².